The molecule has 1 rings (SSSR count). The Morgan fingerprint density at radius 2 is 1.82 bits per heavy atom. The highest BCUT2D eigenvalue weighted by Crippen LogP contribution is 2.34. The van der Waals surface area contributed by atoms with Gasteiger partial charge in [0, 0.05) is 5.56 Å². The molecule has 1 N–H and O–H groups in total. The monoisotopic (exact) mass is 236 g/mol. The largest absolute Gasteiger partial charge is 0.496 e. The van der Waals surface area contributed by atoms with Crippen LogP contribution in [0.2, 0.25) is 0 Å². The summed E-state index contributed by atoms with van der Waals surface area (Å²) >= 11 is 0. The molecular weight excluding hydrogens is 220 g/mol. The minimum atomic E-state index is -1.48. The van der Waals surface area contributed by atoms with Gasteiger partial charge < -0.3 is 9.84 Å². The van der Waals surface area contributed by atoms with Crippen molar-refractivity contribution in [3.05, 3.63) is 29.3 Å². The van der Waals surface area contributed by atoms with Crippen LogP contribution in [0.25, 0.3) is 0 Å². The van der Waals surface area contributed by atoms with Gasteiger partial charge in [0.1, 0.15) is 5.75 Å². The number of carboxylic acids is 1. The first kappa shape index (κ1) is 13.2. The molecule has 0 aromatic heterocycles. The average Bonchev–Trinajstić information content (AvgIpc) is 2.25. The van der Waals surface area contributed by atoms with E-state index >= 15 is 0 Å². The lowest BCUT2D eigenvalue weighted by Crippen LogP contribution is -2.18. The number of hydrogen-bond donors (Lipinski definition) is 1. The van der Waals surface area contributed by atoms with Gasteiger partial charge in [-0.1, -0.05) is 32.9 Å². The van der Waals surface area contributed by atoms with E-state index in [1.165, 1.54) is 13.2 Å². The fourth-order valence-electron chi connectivity index (χ4n) is 1.64. The second-order valence-electron chi connectivity index (χ2n) is 4.77. The summed E-state index contributed by atoms with van der Waals surface area (Å²) in [6.07, 6.45) is 0. The summed E-state index contributed by atoms with van der Waals surface area (Å²) in [4.78, 5) is 22.2. The standard InChI is InChI=1S/C13H16O4/c1-13(2,3)9-7-5-6-8(11(9)17-4)10(14)12(15)16/h5-7H,1-4H3,(H,15,16). The van der Waals surface area contributed by atoms with Crippen molar-refractivity contribution >= 4 is 11.8 Å². The number of aliphatic carboxylic acids is 1. The summed E-state index contributed by atoms with van der Waals surface area (Å²) < 4.78 is 5.19. The van der Waals surface area contributed by atoms with Gasteiger partial charge in [0.05, 0.1) is 12.7 Å². The molecule has 0 aliphatic carbocycles. The Kier molecular flexibility index (Phi) is 3.56. The van der Waals surface area contributed by atoms with E-state index in [-0.39, 0.29) is 11.0 Å². The van der Waals surface area contributed by atoms with Crippen molar-refractivity contribution in [3.8, 4) is 5.75 Å². The molecule has 1 aromatic carbocycles. The molecule has 4 nitrogen and oxygen atoms in total. The minimum absolute atomic E-state index is 0.0902. The number of rotatable bonds is 3. The molecule has 0 atom stereocenters. The van der Waals surface area contributed by atoms with Crippen LogP contribution in [0.15, 0.2) is 18.2 Å². The van der Waals surface area contributed by atoms with Gasteiger partial charge in [-0.25, -0.2) is 4.79 Å². The molecule has 92 valence electrons. The lowest BCUT2D eigenvalue weighted by atomic mass is 9.84. The van der Waals surface area contributed by atoms with Crippen LogP contribution in [0.3, 0.4) is 0 Å². The Morgan fingerprint density at radius 3 is 2.24 bits per heavy atom. The quantitative estimate of drug-likeness (QED) is 0.645. The maximum atomic E-state index is 11.5. The van der Waals surface area contributed by atoms with E-state index in [0.717, 1.165) is 5.56 Å². The van der Waals surface area contributed by atoms with E-state index in [9.17, 15) is 9.59 Å². The van der Waals surface area contributed by atoms with Crippen LogP contribution in [0.5, 0.6) is 5.75 Å². The first-order valence-electron chi connectivity index (χ1n) is 5.24. The highest BCUT2D eigenvalue weighted by atomic mass is 16.5. The number of carbonyl (C=O) groups is 2. The predicted molar refractivity (Wildman–Crippen MR) is 63.7 cm³/mol. The van der Waals surface area contributed by atoms with Crippen molar-refractivity contribution in [1.29, 1.82) is 0 Å². The summed E-state index contributed by atoms with van der Waals surface area (Å²) in [6, 6.07) is 4.96. The predicted octanol–water partition coefficient (Wildman–Crippen LogP) is 2.26. The van der Waals surface area contributed by atoms with E-state index < -0.39 is 11.8 Å². The van der Waals surface area contributed by atoms with Crippen LogP contribution in [0, 0.1) is 0 Å². The normalized spacial score (nSPS) is 11.1. The molecule has 0 saturated carbocycles. The van der Waals surface area contributed by atoms with Gasteiger partial charge in [0.15, 0.2) is 0 Å². The van der Waals surface area contributed by atoms with Crippen molar-refractivity contribution in [3.63, 3.8) is 0 Å². The highest BCUT2D eigenvalue weighted by Gasteiger charge is 2.26. The molecule has 0 fully saturated rings. The molecule has 0 radical (unpaired) electrons. The average molecular weight is 236 g/mol. The molecule has 0 heterocycles. The van der Waals surface area contributed by atoms with Crippen molar-refractivity contribution in [2.75, 3.05) is 7.11 Å². The van der Waals surface area contributed by atoms with Gasteiger partial charge in [-0.05, 0) is 11.5 Å². The maximum Gasteiger partial charge on any atom is 0.377 e. The van der Waals surface area contributed by atoms with Crippen LogP contribution in [-0.2, 0) is 10.2 Å². The Balaban J connectivity index is 3.44. The van der Waals surface area contributed by atoms with E-state index in [2.05, 4.69) is 0 Å². The van der Waals surface area contributed by atoms with Gasteiger partial charge in [0.2, 0.25) is 0 Å². The van der Waals surface area contributed by atoms with Crippen LogP contribution >= 0.6 is 0 Å². The minimum Gasteiger partial charge on any atom is -0.496 e. The fraction of sp³-hybridized carbons (Fsp3) is 0.385. The van der Waals surface area contributed by atoms with E-state index in [1.54, 1.807) is 6.07 Å². The zero-order chi connectivity index (χ0) is 13.2. The molecule has 17 heavy (non-hydrogen) atoms. The van der Waals surface area contributed by atoms with Crippen molar-refractivity contribution < 1.29 is 19.4 Å². The van der Waals surface area contributed by atoms with E-state index in [0.29, 0.717) is 5.75 Å². The number of benzene rings is 1. The van der Waals surface area contributed by atoms with Crippen LogP contribution < -0.4 is 4.74 Å². The lowest BCUT2D eigenvalue weighted by Gasteiger charge is -2.23. The Bertz CT molecular complexity index is 455. The van der Waals surface area contributed by atoms with Gasteiger partial charge in [0.25, 0.3) is 5.78 Å². The second-order valence-corrected chi connectivity index (χ2v) is 4.77. The Labute approximate surface area is 100 Å². The number of ketones is 1. The number of methoxy groups -OCH3 is 1. The van der Waals surface area contributed by atoms with Crippen LogP contribution in [0.1, 0.15) is 36.7 Å². The SMILES string of the molecule is COc1c(C(=O)C(=O)O)cccc1C(C)(C)C. The number of para-hydroxylation sites is 1. The first-order chi connectivity index (χ1) is 7.79. The maximum absolute atomic E-state index is 11.5. The van der Waals surface area contributed by atoms with Crippen LogP contribution in [-0.4, -0.2) is 24.0 Å². The van der Waals surface area contributed by atoms with Gasteiger partial charge in [-0.15, -0.1) is 0 Å². The molecule has 4 heteroatoms. The molecule has 0 spiro atoms. The summed E-state index contributed by atoms with van der Waals surface area (Å²) in [7, 11) is 1.43. The van der Waals surface area contributed by atoms with E-state index in [1.807, 2.05) is 26.8 Å². The summed E-state index contributed by atoms with van der Waals surface area (Å²) in [5.41, 5.74) is 0.680. The molecule has 0 aliphatic heterocycles. The third-order valence-corrected chi connectivity index (χ3v) is 2.47. The topological polar surface area (TPSA) is 63.6 Å². The first-order valence-corrected chi connectivity index (χ1v) is 5.24. The smallest absolute Gasteiger partial charge is 0.377 e. The number of carboxylic acid groups (broad SMARTS) is 1. The Morgan fingerprint density at radius 1 is 1.24 bits per heavy atom. The molecule has 0 bridgehead atoms. The van der Waals surface area contributed by atoms with Crippen molar-refractivity contribution in [1.82, 2.24) is 0 Å². The second kappa shape index (κ2) is 4.57. The molecule has 0 aliphatic rings. The van der Waals surface area contributed by atoms with Crippen LogP contribution in [0.4, 0.5) is 0 Å². The highest BCUT2D eigenvalue weighted by molar-refractivity contribution is 6.40. The van der Waals surface area contributed by atoms with E-state index in [4.69, 9.17) is 9.84 Å². The third kappa shape index (κ3) is 2.64. The van der Waals surface area contributed by atoms with Gasteiger partial charge >= 0.3 is 5.97 Å². The third-order valence-electron chi connectivity index (χ3n) is 2.47. The fourth-order valence-corrected chi connectivity index (χ4v) is 1.64. The van der Waals surface area contributed by atoms with Gasteiger partial charge in [-0.3, -0.25) is 4.79 Å². The number of carbonyl (C=O) groups excluding carboxylic acids is 1. The molecule has 0 amide bonds. The summed E-state index contributed by atoms with van der Waals surface area (Å²) in [5, 5.41) is 8.74. The Hall–Kier alpha value is -1.84. The van der Waals surface area contributed by atoms with Crippen molar-refractivity contribution in [2.24, 2.45) is 0 Å². The molecule has 0 saturated heterocycles. The zero-order valence-electron chi connectivity index (χ0n) is 10.4. The number of hydrogen-bond acceptors (Lipinski definition) is 3. The van der Waals surface area contributed by atoms with Crippen molar-refractivity contribution in [2.45, 2.75) is 26.2 Å². The molecule has 0 unspecified atom stereocenters. The number of Topliss-reactive ketones (excluding diaryl/α,β-unsaturated/α-hetero) is 1. The van der Waals surface area contributed by atoms with Gasteiger partial charge in [-0.2, -0.15) is 0 Å². The summed E-state index contributed by atoms with van der Waals surface area (Å²) in [5.74, 6) is -2.09. The summed E-state index contributed by atoms with van der Waals surface area (Å²) in [6.45, 7) is 5.92. The number of ether oxygens (including phenoxy) is 1. The molecular formula is C13H16O4. The zero-order valence-corrected chi connectivity index (χ0v) is 10.4. The molecule has 1 aromatic rings. The lowest BCUT2D eigenvalue weighted by molar-refractivity contribution is -0.131.